The van der Waals surface area contributed by atoms with Crippen LogP contribution in [0.15, 0.2) is 53.5 Å². The number of methoxy groups -OCH3 is 1. The summed E-state index contributed by atoms with van der Waals surface area (Å²) in [6.07, 6.45) is 6.24. The lowest BCUT2D eigenvalue weighted by molar-refractivity contribution is 0.0961. The number of carbonyl (C=O) groups excluding carboxylic acids is 1. The molecule has 136 valence electrons. The second-order valence-electron chi connectivity index (χ2n) is 6.17. The molecular formula is C19H18N6O2. The number of hydrogen-bond donors (Lipinski definition) is 3. The van der Waals surface area contributed by atoms with E-state index < -0.39 is 0 Å². The molecule has 27 heavy (non-hydrogen) atoms. The van der Waals surface area contributed by atoms with E-state index in [1.165, 1.54) is 0 Å². The zero-order valence-corrected chi connectivity index (χ0v) is 14.7. The Hall–Kier alpha value is -3.68. The van der Waals surface area contributed by atoms with Gasteiger partial charge in [-0.15, -0.1) is 0 Å². The number of ether oxygens (including phenoxy) is 1. The van der Waals surface area contributed by atoms with Crippen LogP contribution in [0.3, 0.4) is 0 Å². The Labute approximate surface area is 155 Å². The third-order valence-corrected chi connectivity index (χ3v) is 4.35. The van der Waals surface area contributed by atoms with Gasteiger partial charge in [-0.05, 0) is 30.2 Å². The summed E-state index contributed by atoms with van der Waals surface area (Å²) in [6, 6.07) is 7.56. The van der Waals surface area contributed by atoms with Crippen LogP contribution in [-0.2, 0) is 4.74 Å². The Morgan fingerprint density at radius 3 is 2.85 bits per heavy atom. The van der Waals surface area contributed by atoms with E-state index in [0.717, 1.165) is 27.7 Å². The van der Waals surface area contributed by atoms with E-state index in [4.69, 9.17) is 10.5 Å². The molecule has 1 aromatic carbocycles. The molecule has 0 unspecified atom stereocenters. The molecule has 0 bridgehead atoms. The molecule has 0 saturated carbocycles. The zero-order chi connectivity index (χ0) is 18.8. The number of allylic oxidation sites excluding steroid dienone is 1. The van der Waals surface area contributed by atoms with Gasteiger partial charge in [0.05, 0.1) is 18.3 Å². The van der Waals surface area contributed by atoms with Crippen molar-refractivity contribution < 1.29 is 9.53 Å². The van der Waals surface area contributed by atoms with E-state index in [1.807, 2.05) is 24.3 Å². The van der Waals surface area contributed by atoms with E-state index in [-0.39, 0.29) is 5.91 Å². The smallest absolute Gasteiger partial charge is 0.276 e. The molecule has 0 saturated heterocycles. The van der Waals surface area contributed by atoms with Crippen molar-refractivity contribution in [1.82, 2.24) is 20.5 Å². The van der Waals surface area contributed by atoms with Crippen LogP contribution in [0.2, 0.25) is 0 Å². The van der Waals surface area contributed by atoms with Crippen molar-refractivity contribution in [1.29, 1.82) is 0 Å². The highest BCUT2D eigenvalue weighted by atomic mass is 16.5. The summed E-state index contributed by atoms with van der Waals surface area (Å²) in [5.41, 5.74) is 10.0. The minimum Gasteiger partial charge on any atom is -0.484 e. The van der Waals surface area contributed by atoms with Gasteiger partial charge in [-0.3, -0.25) is 14.9 Å². The lowest BCUT2D eigenvalue weighted by Gasteiger charge is -2.13. The van der Waals surface area contributed by atoms with Gasteiger partial charge in [-0.2, -0.15) is 5.10 Å². The predicted octanol–water partition coefficient (Wildman–Crippen LogP) is 2.62. The molecule has 0 atom stereocenters. The molecule has 0 radical (unpaired) electrons. The highest BCUT2D eigenvalue weighted by molar-refractivity contribution is 6.06. The number of fused-ring (bicyclic) bond motifs is 1. The van der Waals surface area contributed by atoms with Gasteiger partial charge in [0.15, 0.2) is 11.6 Å². The van der Waals surface area contributed by atoms with Gasteiger partial charge in [0.1, 0.15) is 0 Å². The molecule has 0 fully saturated rings. The number of anilines is 1. The molecule has 3 heterocycles. The fourth-order valence-electron chi connectivity index (χ4n) is 2.96. The van der Waals surface area contributed by atoms with Gasteiger partial charge < -0.3 is 15.8 Å². The highest BCUT2D eigenvalue weighted by Crippen LogP contribution is 2.26. The van der Waals surface area contributed by atoms with Crippen molar-refractivity contribution in [3.8, 4) is 11.1 Å². The second-order valence-corrected chi connectivity index (χ2v) is 6.17. The molecular weight excluding hydrogens is 344 g/mol. The van der Waals surface area contributed by atoms with Gasteiger partial charge in [0.25, 0.3) is 5.91 Å². The number of rotatable bonds is 3. The molecule has 1 aliphatic heterocycles. The van der Waals surface area contributed by atoms with E-state index in [0.29, 0.717) is 30.1 Å². The van der Waals surface area contributed by atoms with Crippen LogP contribution in [0, 0.1) is 0 Å². The number of hydrogen-bond acceptors (Lipinski definition) is 6. The van der Waals surface area contributed by atoms with Crippen LogP contribution < -0.4 is 11.1 Å². The summed E-state index contributed by atoms with van der Waals surface area (Å²) in [4.78, 5) is 21.0. The van der Waals surface area contributed by atoms with Gasteiger partial charge in [0, 0.05) is 41.7 Å². The maximum absolute atomic E-state index is 12.7. The van der Waals surface area contributed by atoms with E-state index >= 15 is 0 Å². The Balaban J connectivity index is 1.64. The van der Waals surface area contributed by atoms with Crippen molar-refractivity contribution >= 4 is 28.4 Å². The lowest BCUT2D eigenvalue weighted by Crippen LogP contribution is -2.25. The van der Waals surface area contributed by atoms with Crippen LogP contribution in [0.4, 0.5) is 5.69 Å². The number of pyridine rings is 1. The number of nitrogen functional groups attached to an aromatic ring is 1. The van der Waals surface area contributed by atoms with Crippen molar-refractivity contribution in [2.45, 2.75) is 12.8 Å². The number of H-pyrrole nitrogens is 1. The van der Waals surface area contributed by atoms with Crippen LogP contribution in [0.5, 0.6) is 0 Å². The van der Waals surface area contributed by atoms with E-state index in [1.54, 1.807) is 25.7 Å². The van der Waals surface area contributed by atoms with Crippen molar-refractivity contribution in [2.24, 2.45) is 4.99 Å². The van der Waals surface area contributed by atoms with E-state index in [2.05, 4.69) is 25.5 Å². The Morgan fingerprint density at radius 2 is 2.11 bits per heavy atom. The molecule has 3 aromatic rings. The second kappa shape index (κ2) is 6.91. The minimum atomic E-state index is -0.286. The van der Waals surface area contributed by atoms with Crippen molar-refractivity contribution in [3.05, 3.63) is 54.3 Å². The van der Waals surface area contributed by atoms with Crippen LogP contribution in [-0.4, -0.2) is 34.1 Å². The Kier molecular flexibility index (Phi) is 4.29. The highest BCUT2D eigenvalue weighted by Gasteiger charge is 2.17. The fraction of sp³-hybridized carbons (Fsp3) is 0.158. The average molecular weight is 362 g/mol. The Morgan fingerprint density at radius 1 is 1.22 bits per heavy atom. The normalized spacial score (nSPS) is 13.8. The van der Waals surface area contributed by atoms with Gasteiger partial charge >= 0.3 is 0 Å². The number of aliphatic imine (C=N–C) groups is 1. The number of nitrogens with zero attached hydrogens (tertiary/aromatic N) is 3. The SMILES string of the molecule is COC1=NC=C(NC(=O)c2n[nH]c3ccc(-c4cncc(N)c4)cc23)CC1. The summed E-state index contributed by atoms with van der Waals surface area (Å²) < 4.78 is 5.10. The molecule has 4 N–H and O–H groups in total. The molecule has 8 nitrogen and oxygen atoms in total. The maximum atomic E-state index is 12.7. The standard InChI is InChI=1S/C19H18N6O2/c1-27-17-5-3-14(10-22-17)23-19(26)18-15-7-11(2-4-16(15)24-25-18)12-6-13(20)9-21-8-12/h2,4,6-10H,3,5,20H2,1H3,(H,23,26)(H,24,25). The van der Waals surface area contributed by atoms with Crippen molar-refractivity contribution in [2.75, 3.05) is 12.8 Å². The Bertz CT molecular complexity index is 1080. The first kappa shape index (κ1) is 16.8. The molecule has 1 aliphatic rings. The molecule has 4 rings (SSSR count). The van der Waals surface area contributed by atoms with Crippen LogP contribution in [0.1, 0.15) is 23.3 Å². The van der Waals surface area contributed by atoms with Gasteiger partial charge in [0.2, 0.25) is 0 Å². The summed E-state index contributed by atoms with van der Waals surface area (Å²) in [6.45, 7) is 0. The summed E-state index contributed by atoms with van der Waals surface area (Å²) in [5.74, 6) is 0.366. The molecule has 0 spiro atoms. The largest absolute Gasteiger partial charge is 0.484 e. The summed E-state index contributed by atoms with van der Waals surface area (Å²) >= 11 is 0. The molecule has 2 aromatic heterocycles. The monoisotopic (exact) mass is 362 g/mol. The topological polar surface area (TPSA) is 118 Å². The third-order valence-electron chi connectivity index (χ3n) is 4.35. The first-order valence-electron chi connectivity index (χ1n) is 8.44. The number of benzene rings is 1. The number of carbonyl (C=O) groups is 1. The zero-order valence-electron chi connectivity index (χ0n) is 14.7. The maximum Gasteiger partial charge on any atom is 0.276 e. The van der Waals surface area contributed by atoms with Gasteiger partial charge in [-0.25, -0.2) is 4.99 Å². The molecule has 0 aliphatic carbocycles. The number of aromatic amines is 1. The minimum absolute atomic E-state index is 0.286. The molecule has 8 heteroatoms. The number of nitrogens with one attached hydrogen (secondary N) is 2. The fourth-order valence-corrected chi connectivity index (χ4v) is 2.96. The number of aromatic nitrogens is 3. The number of amides is 1. The van der Waals surface area contributed by atoms with Gasteiger partial charge in [-0.1, -0.05) is 6.07 Å². The van der Waals surface area contributed by atoms with Crippen LogP contribution in [0.25, 0.3) is 22.0 Å². The first-order valence-corrected chi connectivity index (χ1v) is 8.44. The summed E-state index contributed by atoms with van der Waals surface area (Å²) in [5, 5.41) is 10.7. The average Bonchev–Trinajstić information content (AvgIpc) is 3.12. The molecule has 1 amide bonds. The quantitative estimate of drug-likeness (QED) is 0.662. The number of nitrogens with two attached hydrogens (primary N) is 1. The van der Waals surface area contributed by atoms with E-state index in [9.17, 15) is 4.79 Å². The summed E-state index contributed by atoms with van der Waals surface area (Å²) in [7, 11) is 1.58. The van der Waals surface area contributed by atoms with Crippen molar-refractivity contribution in [3.63, 3.8) is 0 Å². The van der Waals surface area contributed by atoms with Crippen LogP contribution >= 0.6 is 0 Å². The lowest BCUT2D eigenvalue weighted by atomic mass is 10.0. The third kappa shape index (κ3) is 3.37. The first-order chi connectivity index (χ1) is 13.1. The predicted molar refractivity (Wildman–Crippen MR) is 103 cm³/mol.